The molecule has 1 fully saturated rings. The Bertz CT molecular complexity index is 1480. The van der Waals surface area contributed by atoms with Gasteiger partial charge in [-0.3, -0.25) is 14.4 Å². The Kier molecular flexibility index (Phi) is 50.1. The van der Waals surface area contributed by atoms with Crippen LogP contribution < -0.4 is 0 Å². The van der Waals surface area contributed by atoms with Gasteiger partial charge in [-0.1, -0.05) is 224 Å². The predicted octanol–water partition coefficient (Wildman–Crippen LogP) is 16.8. The van der Waals surface area contributed by atoms with Gasteiger partial charge in [-0.25, -0.2) is 4.79 Å². The highest BCUT2D eigenvalue weighted by molar-refractivity contribution is 5.74. The Morgan fingerprint density at radius 3 is 1.12 bits per heavy atom. The molecule has 0 amide bonds. The van der Waals surface area contributed by atoms with E-state index in [1.165, 1.54) is 135 Å². The summed E-state index contributed by atoms with van der Waals surface area (Å²) in [6.45, 7) is 5.99. The number of carboxylic acids is 1. The lowest BCUT2D eigenvalue weighted by atomic mass is 9.98. The highest BCUT2D eigenvalue weighted by Gasteiger charge is 2.50. The maximum Gasteiger partial charge on any atom is 0.335 e. The minimum absolute atomic E-state index is 0.0594. The van der Waals surface area contributed by atoms with E-state index in [-0.39, 0.29) is 25.9 Å². The summed E-state index contributed by atoms with van der Waals surface area (Å²) in [6, 6.07) is 0. The number of aliphatic carboxylic acids is 1. The standard InChI is InChI=1S/C65H116O12/c1-4-7-10-13-16-19-22-25-27-28-29-30-32-35-38-41-44-47-50-53-59(68)76-63-61(70)60(69)62(64(71)72)77-65(63)74-55-56(75-58(67)52-49-46-43-40-37-33-24-21-18-15-12-9-6-3)54-73-57(66)51-48-45-42-39-36-34-31-26-23-20-17-14-11-8-5-2/h21,24-27,31,56,60-63,65,69-70H,4-20,22-23,28-30,32-55H2,1-3H3,(H,71,72)/b24-21-,27-25-,31-26-. The number of aliphatic hydroxyl groups is 2. The molecule has 6 atom stereocenters. The number of hydrogen-bond donors (Lipinski definition) is 3. The van der Waals surface area contributed by atoms with Crippen LogP contribution >= 0.6 is 0 Å². The molecule has 0 aromatic rings. The van der Waals surface area contributed by atoms with Gasteiger partial charge >= 0.3 is 23.9 Å². The van der Waals surface area contributed by atoms with Gasteiger partial charge in [-0.05, 0) is 96.3 Å². The molecule has 0 aromatic carbocycles. The van der Waals surface area contributed by atoms with Crippen LogP contribution in [0, 0.1) is 0 Å². The lowest BCUT2D eigenvalue weighted by molar-refractivity contribution is -0.301. The summed E-state index contributed by atoms with van der Waals surface area (Å²) >= 11 is 0. The van der Waals surface area contributed by atoms with Crippen LogP contribution in [0.4, 0.5) is 0 Å². The molecule has 1 heterocycles. The molecule has 6 unspecified atom stereocenters. The third-order valence-electron chi connectivity index (χ3n) is 14.7. The van der Waals surface area contributed by atoms with Crippen LogP contribution in [0.15, 0.2) is 36.5 Å². The van der Waals surface area contributed by atoms with Crippen molar-refractivity contribution in [1.29, 1.82) is 0 Å². The van der Waals surface area contributed by atoms with Crippen LogP contribution in [0.1, 0.15) is 303 Å². The Hall–Kier alpha value is -3.06. The summed E-state index contributed by atoms with van der Waals surface area (Å²) < 4.78 is 28.5. The van der Waals surface area contributed by atoms with Crippen molar-refractivity contribution in [2.75, 3.05) is 13.2 Å². The quantitative estimate of drug-likeness (QED) is 0.0228. The number of carbonyl (C=O) groups excluding carboxylic acids is 3. The third-order valence-corrected chi connectivity index (χ3v) is 14.7. The van der Waals surface area contributed by atoms with Gasteiger partial charge in [0.1, 0.15) is 18.8 Å². The van der Waals surface area contributed by atoms with Crippen molar-refractivity contribution in [3.8, 4) is 0 Å². The molecule has 3 N–H and O–H groups in total. The van der Waals surface area contributed by atoms with Crippen molar-refractivity contribution in [3.05, 3.63) is 36.5 Å². The fourth-order valence-corrected chi connectivity index (χ4v) is 9.71. The predicted molar refractivity (Wildman–Crippen MR) is 313 cm³/mol. The van der Waals surface area contributed by atoms with Gasteiger partial charge in [0, 0.05) is 19.3 Å². The first kappa shape index (κ1) is 72.0. The van der Waals surface area contributed by atoms with Crippen molar-refractivity contribution >= 4 is 23.9 Å². The van der Waals surface area contributed by atoms with E-state index in [1.807, 2.05) is 0 Å². The average Bonchev–Trinajstić information content (AvgIpc) is 3.42. The van der Waals surface area contributed by atoms with Gasteiger partial charge in [0.2, 0.25) is 0 Å². The van der Waals surface area contributed by atoms with Gasteiger partial charge in [-0.2, -0.15) is 0 Å². The van der Waals surface area contributed by atoms with Gasteiger partial charge in [0.05, 0.1) is 6.61 Å². The lowest BCUT2D eigenvalue weighted by Crippen LogP contribution is -2.61. The van der Waals surface area contributed by atoms with Gasteiger partial charge in [-0.15, -0.1) is 0 Å². The highest BCUT2D eigenvalue weighted by Crippen LogP contribution is 2.27. The first-order valence-corrected chi connectivity index (χ1v) is 32.0. The maximum absolute atomic E-state index is 13.1. The van der Waals surface area contributed by atoms with Crippen LogP contribution in [-0.2, 0) is 42.9 Å². The average molecular weight is 1090 g/mol. The number of hydrogen-bond acceptors (Lipinski definition) is 11. The molecule has 1 saturated heterocycles. The van der Waals surface area contributed by atoms with E-state index in [9.17, 15) is 34.5 Å². The molecule has 77 heavy (non-hydrogen) atoms. The van der Waals surface area contributed by atoms with Crippen molar-refractivity contribution in [1.82, 2.24) is 0 Å². The zero-order chi connectivity index (χ0) is 56.1. The number of carboxylic acid groups (broad SMARTS) is 1. The lowest BCUT2D eigenvalue weighted by Gasteiger charge is -2.40. The summed E-state index contributed by atoms with van der Waals surface area (Å²) in [5.41, 5.74) is 0. The van der Waals surface area contributed by atoms with Gasteiger partial charge < -0.3 is 39.0 Å². The number of rotatable bonds is 55. The van der Waals surface area contributed by atoms with E-state index in [1.54, 1.807) is 0 Å². The van der Waals surface area contributed by atoms with E-state index in [4.69, 9.17) is 23.7 Å². The molecule has 1 aliphatic heterocycles. The molecule has 0 aliphatic carbocycles. The van der Waals surface area contributed by atoms with Crippen molar-refractivity contribution in [3.63, 3.8) is 0 Å². The molecule has 0 radical (unpaired) electrons. The molecular weight excluding hydrogens is 973 g/mol. The van der Waals surface area contributed by atoms with E-state index in [2.05, 4.69) is 57.2 Å². The molecule has 0 aromatic heterocycles. The second kappa shape index (κ2) is 53.6. The number of allylic oxidation sites excluding steroid dienone is 6. The Morgan fingerprint density at radius 1 is 0.416 bits per heavy atom. The van der Waals surface area contributed by atoms with Gasteiger partial charge in [0.15, 0.2) is 24.6 Å². The molecule has 0 spiro atoms. The zero-order valence-electron chi connectivity index (χ0n) is 49.5. The Morgan fingerprint density at radius 2 is 0.740 bits per heavy atom. The van der Waals surface area contributed by atoms with E-state index < -0.39 is 67.3 Å². The van der Waals surface area contributed by atoms with Crippen molar-refractivity contribution < 1.29 is 58.2 Å². The zero-order valence-corrected chi connectivity index (χ0v) is 49.5. The summed E-state index contributed by atoms with van der Waals surface area (Å²) in [7, 11) is 0. The summed E-state index contributed by atoms with van der Waals surface area (Å²) in [4.78, 5) is 51.2. The number of ether oxygens (including phenoxy) is 5. The molecule has 1 rings (SSSR count). The van der Waals surface area contributed by atoms with Crippen LogP contribution in [0.25, 0.3) is 0 Å². The SMILES string of the molecule is CCCCCC/C=C\CCCCCCCC(=O)OC(COC(=O)CCCCCCC/C=C\CCCCCCCC)COC1OC(C(=O)O)C(O)C(O)C1OC(=O)CCCCCCCCCCC/C=C\CCCCCCCC. The molecule has 1 aliphatic rings. The summed E-state index contributed by atoms with van der Waals surface area (Å²) in [6.07, 6.45) is 51.0. The smallest absolute Gasteiger partial charge is 0.335 e. The molecule has 12 heteroatoms. The van der Waals surface area contributed by atoms with Crippen LogP contribution in [-0.4, -0.2) is 89.2 Å². The molecular formula is C65H116O12. The summed E-state index contributed by atoms with van der Waals surface area (Å²) in [5.74, 6) is -3.12. The molecule has 0 bridgehead atoms. The molecule has 0 saturated carbocycles. The van der Waals surface area contributed by atoms with Crippen LogP contribution in [0.3, 0.4) is 0 Å². The van der Waals surface area contributed by atoms with Crippen molar-refractivity contribution in [2.24, 2.45) is 0 Å². The van der Waals surface area contributed by atoms with Crippen LogP contribution in [0.2, 0.25) is 0 Å². The second-order valence-corrected chi connectivity index (χ2v) is 22.0. The van der Waals surface area contributed by atoms with E-state index >= 15 is 0 Å². The maximum atomic E-state index is 13.1. The second-order valence-electron chi connectivity index (χ2n) is 22.0. The first-order valence-electron chi connectivity index (χ1n) is 32.0. The third kappa shape index (κ3) is 43.4. The fourth-order valence-electron chi connectivity index (χ4n) is 9.71. The molecule has 448 valence electrons. The van der Waals surface area contributed by atoms with Gasteiger partial charge in [0.25, 0.3) is 0 Å². The van der Waals surface area contributed by atoms with E-state index in [0.717, 1.165) is 109 Å². The first-order chi connectivity index (χ1) is 37.6. The van der Waals surface area contributed by atoms with E-state index in [0.29, 0.717) is 19.3 Å². The topological polar surface area (TPSA) is 175 Å². The Balaban J connectivity index is 2.64. The summed E-state index contributed by atoms with van der Waals surface area (Å²) in [5, 5.41) is 31.6. The minimum Gasteiger partial charge on any atom is -0.479 e. The number of carbonyl (C=O) groups is 4. The largest absolute Gasteiger partial charge is 0.479 e. The number of esters is 3. The number of aliphatic hydroxyl groups excluding tert-OH is 2. The fraction of sp³-hybridized carbons (Fsp3) is 0.846. The van der Waals surface area contributed by atoms with Crippen molar-refractivity contribution in [2.45, 2.75) is 340 Å². The minimum atomic E-state index is -1.90. The van der Waals surface area contributed by atoms with Crippen LogP contribution in [0.5, 0.6) is 0 Å². The highest BCUT2D eigenvalue weighted by atomic mass is 16.7. The number of unbranched alkanes of at least 4 members (excludes halogenated alkanes) is 35. The monoisotopic (exact) mass is 1090 g/mol. The Labute approximate surface area is 470 Å². The normalized spacial score (nSPS) is 18.2. The molecule has 12 nitrogen and oxygen atoms in total.